The summed E-state index contributed by atoms with van der Waals surface area (Å²) >= 11 is 0. The summed E-state index contributed by atoms with van der Waals surface area (Å²) in [4.78, 5) is 81.0. The number of hydrogen-bond donors (Lipinski definition) is 1. The van der Waals surface area contributed by atoms with Gasteiger partial charge in [-0.05, 0) is 97.8 Å². The summed E-state index contributed by atoms with van der Waals surface area (Å²) in [6.45, 7) is 17.2. The van der Waals surface area contributed by atoms with Crippen LogP contribution in [0.15, 0.2) is 97.1 Å². The van der Waals surface area contributed by atoms with Gasteiger partial charge < -0.3 is 47.7 Å². The lowest BCUT2D eigenvalue weighted by Gasteiger charge is -2.28. The number of amides is 4. The molecule has 4 aromatic heterocycles. The number of rotatable bonds is 18. The molecule has 0 aliphatic carbocycles. The van der Waals surface area contributed by atoms with Crippen LogP contribution in [0.2, 0.25) is 0 Å². The summed E-state index contributed by atoms with van der Waals surface area (Å²) in [6.07, 6.45) is 1.75. The molecule has 0 spiro atoms. The maximum absolute atomic E-state index is 14.6. The molecular formula is C59H50F4N12O10. The lowest BCUT2D eigenvalue weighted by atomic mass is 10.1. The number of esters is 1. The van der Waals surface area contributed by atoms with E-state index in [4.69, 9.17) is 46.8 Å². The minimum Gasteiger partial charge on any atom is -0.484 e. The lowest BCUT2D eigenvalue weighted by Crippen LogP contribution is -2.34. The van der Waals surface area contributed by atoms with Gasteiger partial charge in [-0.1, -0.05) is 12.1 Å². The highest BCUT2D eigenvalue weighted by atomic mass is 19.1. The number of carbonyl (C=O) groups is 4. The number of ether oxygens (including phenoxy) is 5. The van der Waals surface area contributed by atoms with Crippen LogP contribution in [0.25, 0.3) is 31.8 Å². The quantitative estimate of drug-likeness (QED) is 0.0481. The molecule has 0 saturated carbocycles. The molecule has 434 valence electrons. The Morgan fingerprint density at radius 2 is 1.05 bits per heavy atom. The Balaban J connectivity index is 0.000000177. The molecule has 4 aliphatic heterocycles. The van der Waals surface area contributed by atoms with E-state index in [1.165, 1.54) is 71.5 Å². The average Bonchev–Trinajstić information content (AvgIpc) is 4.28. The van der Waals surface area contributed by atoms with Crippen molar-refractivity contribution in [2.24, 2.45) is 0 Å². The van der Waals surface area contributed by atoms with E-state index in [0.717, 1.165) is 30.5 Å². The molecule has 4 amide bonds. The van der Waals surface area contributed by atoms with Gasteiger partial charge in [-0.25, -0.2) is 66.4 Å². The highest BCUT2D eigenvalue weighted by Gasteiger charge is 2.35. The van der Waals surface area contributed by atoms with Gasteiger partial charge in [-0.3, -0.25) is 9.80 Å². The van der Waals surface area contributed by atoms with E-state index >= 15 is 0 Å². The zero-order valence-electron chi connectivity index (χ0n) is 45.3. The van der Waals surface area contributed by atoms with Gasteiger partial charge in [-0.15, -0.1) is 0 Å². The van der Waals surface area contributed by atoms with E-state index < -0.39 is 35.2 Å². The zero-order chi connectivity index (χ0) is 59.5. The number of benzene rings is 4. The predicted octanol–water partition coefficient (Wildman–Crippen LogP) is 9.63. The number of aromatic carboxylic acids is 1. The fourth-order valence-electron chi connectivity index (χ4n) is 9.96. The van der Waals surface area contributed by atoms with Crippen molar-refractivity contribution in [1.82, 2.24) is 38.9 Å². The van der Waals surface area contributed by atoms with Crippen LogP contribution < -0.4 is 19.3 Å². The van der Waals surface area contributed by atoms with Crippen molar-refractivity contribution >= 4 is 69.1 Å². The van der Waals surface area contributed by atoms with E-state index in [9.17, 15) is 41.8 Å². The van der Waals surface area contributed by atoms with Crippen molar-refractivity contribution in [2.45, 2.75) is 64.4 Å². The Labute approximate surface area is 481 Å². The number of imidazole rings is 2. The molecule has 4 aromatic carbocycles. The predicted molar refractivity (Wildman–Crippen MR) is 295 cm³/mol. The first-order valence-electron chi connectivity index (χ1n) is 26.7. The van der Waals surface area contributed by atoms with E-state index in [2.05, 4.69) is 19.7 Å². The molecule has 22 nitrogen and oxygen atoms in total. The minimum atomic E-state index is -1.05. The van der Waals surface area contributed by atoms with Gasteiger partial charge in [-0.2, -0.15) is 0 Å². The van der Waals surface area contributed by atoms with Gasteiger partial charge in [0.1, 0.15) is 59.5 Å². The number of aromatic nitrogens is 6. The van der Waals surface area contributed by atoms with Crippen LogP contribution in [0.1, 0.15) is 56.6 Å². The number of carboxylic acids is 1. The number of fused-ring (bicyclic) bond motifs is 2. The Morgan fingerprint density at radius 3 is 1.45 bits per heavy atom. The normalized spacial score (nSPS) is 16.4. The number of urea groups is 2. The number of halogens is 4. The fourth-order valence-corrected chi connectivity index (χ4v) is 9.96. The monoisotopic (exact) mass is 1160 g/mol. The maximum atomic E-state index is 14.6. The van der Waals surface area contributed by atoms with Gasteiger partial charge in [0, 0.05) is 39.4 Å². The molecule has 26 heteroatoms. The average molecular weight is 1160 g/mol. The molecule has 0 unspecified atom stereocenters. The van der Waals surface area contributed by atoms with Crippen LogP contribution in [-0.4, -0.2) is 127 Å². The Kier molecular flexibility index (Phi) is 16.2. The van der Waals surface area contributed by atoms with Crippen molar-refractivity contribution in [3.05, 3.63) is 177 Å². The Morgan fingerprint density at radius 1 is 0.600 bits per heavy atom. The van der Waals surface area contributed by atoms with Gasteiger partial charge in [0.05, 0.1) is 91.8 Å². The van der Waals surface area contributed by atoms with Gasteiger partial charge in [0.15, 0.2) is 34.5 Å². The molecule has 1 N–H and O–H groups in total. The number of anilines is 2. The van der Waals surface area contributed by atoms with Crippen LogP contribution in [-0.2, 0) is 53.6 Å². The number of carboxylic acid groups (broad SMARTS) is 1. The lowest BCUT2D eigenvalue weighted by molar-refractivity contribution is -0.0592. The largest absolute Gasteiger partial charge is 0.484 e. The summed E-state index contributed by atoms with van der Waals surface area (Å²) in [5, 5.41) is 9.47. The van der Waals surface area contributed by atoms with Gasteiger partial charge in [0.2, 0.25) is 0 Å². The Hall–Kier alpha value is -10.2. The fraction of sp³-hybridized carbons (Fsp3) is 0.288. The van der Waals surface area contributed by atoms with Gasteiger partial charge >= 0.3 is 24.0 Å². The van der Waals surface area contributed by atoms with E-state index in [0.29, 0.717) is 86.2 Å². The summed E-state index contributed by atoms with van der Waals surface area (Å²) < 4.78 is 88.4. The topological polar surface area (TPSA) is 218 Å². The molecule has 4 aliphatic rings. The van der Waals surface area contributed by atoms with E-state index in [1.807, 2.05) is 9.13 Å². The Bertz CT molecular complexity index is 4030. The van der Waals surface area contributed by atoms with Crippen LogP contribution in [0.5, 0.6) is 11.5 Å². The molecule has 0 bridgehead atoms. The number of pyridine rings is 2. The van der Waals surface area contributed by atoms with Crippen molar-refractivity contribution in [1.29, 1.82) is 0 Å². The number of hydrogen-bond acceptors (Lipinski definition) is 13. The number of nitrogens with zero attached hydrogens (tertiary/aromatic N) is 12. The SMILES string of the molecule is [C-]#[N+]c1ccc(OCc2nc(N3CCN(Cc4nc5ccc(C(=O)O)cc5n4C[C@@H]4CCO4)C3=O)ccc2F)c(F)c1.[C-]#[N+]c1ccc(OCc2nc(N3CCN(Cc4nc5ccc(C(=O)OC)cc5n4C[C@@H]4CCO4)C3=O)ccc2F)c(F)c1. The molecule has 8 heterocycles. The van der Waals surface area contributed by atoms with Crippen LogP contribution in [0.3, 0.4) is 0 Å². The van der Waals surface area contributed by atoms with Crippen molar-refractivity contribution in [3.8, 4) is 11.5 Å². The summed E-state index contributed by atoms with van der Waals surface area (Å²) in [7, 11) is 1.32. The summed E-state index contributed by atoms with van der Waals surface area (Å²) in [6, 6.07) is 21.7. The number of methoxy groups -OCH3 is 1. The smallest absolute Gasteiger partial charge is 0.337 e. The minimum absolute atomic E-state index is 0.00634. The summed E-state index contributed by atoms with van der Waals surface area (Å²) in [5.41, 5.74) is 3.23. The van der Waals surface area contributed by atoms with Crippen molar-refractivity contribution in [2.75, 3.05) is 56.3 Å². The third-order valence-electron chi connectivity index (χ3n) is 14.7. The summed E-state index contributed by atoms with van der Waals surface area (Å²) in [5.74, 6) is -2.95. The molecule has 85 heavy (non-hydrogen) atoms. The van der Waals surface area contributed by atoms with E-state index in [-0.39, 0.29) is 102 Å². The first kappa shape index (κ1) is 56.7. The molecule has 4 saturated heterocycles. The molecule has 2 atom stereocenters. The molecule has 8 aromatic rings. The third-order valence-corrected chi connectivity index (χ3v) is 14.7. The van der Waals surface area contributed by atoms with Crippen LogP contribution in [0.4, 0.5) is 50.2 Å². The first-order valence-corrected chi connectivity index (χ1v) is 26.7. The second-order valence-electron chi connectivity index (χ2n) is 20.0. The molecule has 0 radical (unpaired) electrons. The van der Waals surface area contributed by atoms with Crippen molar-refractivity contribution < 1.29 is 65.5 Å². The second-order valence-corrected chi connectivity index (χ2v) is 20.0. The first-order chi connectivity index (χ1) is 41.1. The maximum Gasteiger partial charge on any atom is 0.337 e. The zero-order valence-corrected chi connectivity index (χ0v) is 45.3. The highest BCUT2D eigenvalue weighted by Crippen LogP contribution is 2.31. The third kappa shape index (κ3) is 12.0. The van der Waals surface area contributed by atoms with Crippen LogP contribution >= 0.6 is 0 Å². The molecule has 4 fully saturated rings. The standard InChI is InChI=1S/C30H26F2N6O5.C29H24F2N6O5/c1-33-19-4-7-26(22(32)14-19)43-17-24-21(31)5-8-27(35-24)37-11-10-36(30(37)40)16-28-34-23-6-3-18(29(39)41-2)13-25(23)38(28)15-20-9-12-42-20;1-32-18-3-6-25(21(31)13-18)42-16-23-20(30)4-7-26(34-23)36-10-9-35(29(36)40)15-27-33-22-5-2-17(28(38)39)12-24(22)37(27)14-19-8-11-41-19/h3-8,13-14,20H,9-12,15-17H2,2H3;2-7,12-13,19H,8-11,14-16H2,(H,38,39)/t20-;19-/m00/s1. The second kappa shape index (κ2) is 24.3. The van der Waals surface area contributed by atoms with Crippen LogP contribution in [0, 0.1) is 36.4 Å². The number of carbonyl (C=O) groups excluding carboxylic acids is 3. The molecular weight excluding hydrogens is 1110 g/mol. The van der Waals surface area contributed by atoms with E-state index in [1.54, 1.807) is 40.1 Å². The molecule has 12 rings (SSSR count). The van der Waals surface area contributed by atoms with Gasteiger partial charge in [0.25, 0.3) is 0 Å². The van der Waals surface area contributed by atoms with Crippen molar-refractivity contribution in [3.63, 3.8) is 0 Å². The highest BCUT2D eigenvalue weighted by molar-refractivity contribution is 5.96.